The number of nitro groups is 1. The van der Waals surface area contributed by atoms with Crippen LogP contribution in [0.5, 0.6) is 0 Å². The topological polar surface area (TPSA) is 68.1 Å². The van der Waals surface area contributed by atoms with Gasteiger partial charge in [0, 0.05) is 19.3 Å². The quantitative estimate of drug-likeness (QED) is 0.656. The molecular weight excluding hydrogens is 226 g/mol. The summed E-state index contributed by atoms with van der Waals surface area (Å²) in [7, 11) is 1.77. The molecule has 0 atom stereocenters. The molecule has 0 aliphatic rings. The summed E-state index contributed by atoms with van der Waals surface area (Å²) >= 11 is 1.39. The molecule has 1 heterocycles. The predicted octanol–water partition coefficient (Wildman–Crippen LogP) is 2.76. The molecule has 0 spiro atoms. The zero-order chi connectivity index (χ0) is 11.5. The highest BCUT2D eigenvalue weighted by Crippen LogP contribution is 2.34. The Bertz CT molecular complexity index is 524. The molecule has 0 fully saturated rings. The maximum atomic E-state index is 10.8. The van der Waals surface area contributed by atoms with E-state index in [-0.39, 0.29) is 10.6 Å². The molecule has 1 aromatic carbocycles. The summed E-state index contributed by atoms with van der Waals surface area (Å²) in [5.74, 6) is 0. The second-order valence-electron chi connectivity index (χ2n) is 3.05. The summed E-state index contributed by atoms with van der Waals surface area (Å²) in [6, 6.07) is 6.65. The number of aromatic nitrogens is 1. The number of nitrogens with one attached hydrogen (secondary N) is 1. The molecule has 2 rings (SSSR count). The summed E-state index contributed by atoms with van der Waals surface area (Å²) in [6.45, 7) is 0. The number of nitro benzene ring substituents is 1. The number of benzene rings is 1. The van der Waals surface area contributed by atoms with Crippen molar-refractivity contribution in [3.63, 3.8) is 0 Å². The Morgan fingerprint density at radius 1 is 1.44 bits per heavy atom. The van der Waals surface area contributed by atoms with Crippen LogP contribution in [0.15, 0.2) is 30.5 Å². The molecule has 0 aliphatic carbocycles. The molecule has 0 radical (unpaired) electrons. The monoisotopic (exact) mass is 235 g/mol. The van der Waals surface area contributed by atoms with E-state index in [1.165, 1.54) is 17.4 Å². The lowest BCUT2D eigenvalue weighted by Gasteiger charge is -1.98. The van der Waals surface area contributed by atoms with Crippen molar-refractivity contribution >= 4 is 22.2 Å². The van der Waals surface area contributed by atoms with Crippen LogP contribution in [0.2, 0.25) is 0 Å². The normalized spacial score (nSPS) is 10.1. The van der Waals surface area contributed by atoms with Crippen molar-refractivity contribution in [3.05, 3.63) is 40.6 Å². The van der Waals surface area contributed by atoms with Gasteiger partial charge in [-0.2, -0.15) is 0 Å². The molecule has 16 heavy (non-hydrogen) atoms. The van der Waals surface area contributed by atoms with Gasteiger partial charge in [0.05, 0.1) is 15.4 Å². The van der Waals surface area contributed by atoms with Crippen LogP contribution in [0.3, 0.4) is 0 Å². The van der Waals surface area contributed by atoms with Gasteiger partial charge in [-0.15, -0.1) is 0 Å². The maximum Gasteiger partial charge on any atom is 0.278 e. The third-order valence-corrected chi connectivity index (χ3v) is 3.13. The molecule has 5 nitrogen and oxygen atoms in total. The Labute approximate surface area is 95.9 Å². The van der Waals surface area contributed by atoms with Crippen LogP contribution >= 0.6 is 11.3 Å². The van der Waals surface area contributed by atoms with Gasteiger partial charge in [-0.05, 0) is 6.07 Å². The molecule has 0 aliphatic heterocycles. The van der Waals surface area contributed by atoms with E-state index >= 15 is 0 Å². The second kappa shape index (κ2) is 4.28. The van der Waals surface area contributed by atoms with E-state index in [2.05, 4.69) is 10.3 Å². The molecule has 2 aromatic rings. The largest absolute Gasteiger partial charge is 0.365 e. The Hall–Kier alpha value is -1.95. The van der Waals surface area contributed by atoms with Gasteiger partial charge in [0.25, 0.3) is 5.69 Å². The number of anilines is 1. The maximum absolute atomic E-state index is 10.8. The smallest absolute Gasteiger partial charge is 0.278 e. The van der Waals surface area contributed by atoms with Gasteiger partial charge < -0.3 is 5.32 Å². The number of hydrogen-bond acceptors (Lipinski definition) is 5. The fraction of sp³-hybridized carbons (Fsp3) is 0.100. The number of thiazole rings is 1. The zero-order valence-electron chi connectivity index (χ0n) is 8.51. The van der Waals surface area contributed by atoms with E-state index in [1.807, 2.05) is 0 Å². The molecule has 0 saturated heterocycles. The van der Waals surface area contributed by atoms with Crippen LogP contribution in [-0.2, 0) is 0 Å². The molecule has 0 unspecified atom stereocenters. The van der Waals surface area contributed by atoms with Crippen molar-refractivity contribution in [3.8, 4) is 10.4 Å². The van der Waals surface area contributed by atoms with Gasteiger partial charge in [0.2, 0.25) is 0 Å². The lowest BCUT2D eigenvalue weighted by molar-refractivity contribution is -0.384. The summed E-state index contributed by atoms with van der Waals surface area (Å²) < 4.78 is 0. The fourth-order valence-electron chi connectivity index (χ4n) is 1.36. The van der Waals surface area contributed by atoms with Gasteiger partial charge >= 0.3 is 0 Å². The second-order valence-corrected chi connectivity index (χ2v) is 4.08. The van der Waals surface area contributed by atoms with E-state index in [0.717, 1.165) is 10.0 Å². The third kappa shape index (κ3) is 1.87. The molecule has 1 N–H and O–H groups in total. The van der Waals surface area contributed by atoms with Crippen molar-refractivity contribution in [2.24, 2.45) is 0 Å². The van der Waals surface area contributed by atoms with Gasteiger partial charge in [-0.3, -0.25) is 10.1 Å². The SMILES string of the molecule is CNc1ncc(-c2ccccc2[N+](=O)[O-])s1. The fourth-order valence-corrected chi connectivity index (χ4v) is 2.16. The number of nitrogens with zero attached hydrogens (tertiary/aromatic N) is 2. The van der Waals surface area contributed by atoms with Gasteiger partial charge in [-0.25, -0.2) is 4.98 Å². The van der Waals surface area contributed by atoms with Crippen molar-refractivity contribution in [2.45, 2.75) is 0 Å². The summed E-state index contributed by atoms with van der Waals surface area (Å²) in [6.07, 6.45) is 1.64. The van der Waals surface area contributed by atoms with Crippen molar-refractivity contribution in [1.29, 1.82) is 0 Å². The predicted molar refractivity (Wildman–Crippen MR) is 63.8 cm³/mol. The highest BCUT2D eigenvalue weighted by molar-refractivity contribution is 7.18. The van der Waals surface area contributed by atoms with Crippen LogP contribution < -0.4 is 5.32 Å². The Morgan fingerprint density at radius 2 is 2.19 bits per heavy atom. The van der Waals surface area contributed by atoms with Crippen LogP contribution in [0.1, 0.15) is 0 Å². The number of rotatable bonds is 3. The summed E-state index contributed by atoms with van der Waals surface area (Å²) in [5.41, 5.74) is 0.709. The number of hydrogen-bond donors (Lipinski definition) is 1. The molecular formula is C10H9N3O2S. The van der Waals surface area contributed by atoms with E-state index in [4.69, 9.17) is 0 Å². The molecule has 0 amide bonds. The highest BCUT2D eigenvalue weighted by atomic mass is 32.1. The molecule has 6 heteroatoms. The first kappa shape index (κ1) is 10.6. The first-order chi connectivity index (χ1) is 7.72. The van der Waals surface area contributed by atoms with Crippen LogP contribution in [0, 0.1) is 10.1 Å². The Kier molecular flexibility index (Phi) is 2.82. The average molecular weight is 235 g/mol. The minimum atomic E-state index is -0.381. The Balaban J connectivity index is 2.50. The Morgan fingerprint density at radius 3 is 2.81 bits per heavy atom. The molecule has 0 bridgehead atoms. The third-order valence-electron chi connectivity index (χ3n) is 2.09. The van der Waals surface area contributed by atoms with Crippen LogP contribution in [0.25, 0.3) is 10.4 Å². The minimum absolute atomic E-state index is 0.105. The zero-order valence-corrected chi connectivity index (χ0v) is 9.32. The van der Waals surface area contributed by atoms with E-state index in [0.29, 0.717) is 5.56 Å². The van der Waals surface area contributed by atoms with Gasteiger partial charge in [0.1, 0.15) is 0 Å². The van der Waals surface area contributed by atoms with Crippen molar-refractivity contribution in [1.82, 2.24) is 4.98 Å². The minimum Gasteiger partial charge on any atom is -0.365 e. The molecule has 0 saturated carbocycles. The van der Waals surface area contributed by atoms with Gasteiger partial charge in [-0.1, -0.05) is 23.5 Å². The summed E-state index contributed by atoms with van der Waals surface area (Å²) in [5, 5.41) is 14.5. The summed E-state index contributed by atoms with van der Waals surface area (Å²) in [4.78, 5) is 15.3. The van der Waals surface area contributed by atoms with Crippen molar-refractivity contribution < 1.29 is 4.92 Å². The molecule has 1 aromatic heterocycles. The van der Waals surface area contributed by atoms with E-state index in [1.54, 1.807) is 31.4 Å². The first-order valence-electron chi connectivity index (χ1n) is 4.59. The average Bonchev–Trinajstić information content (AvgIpc) is 2.77. The van der Waals surface area contributed by atoms with E-state index in [9.17, 15) is 10.1 Å². The lowest BCUT2D eigenvalue weighted by Crippen LogP contribution is -1.89. The van der Waals surface area contributed by atoms with Crippen LogP contribution in [-0.4, -0.2) is 17.0 Å². The first-order valence-corrected chi connectivity index (χ1v) is 5.41. The van der Waals surface area contributed by atoms with E-state index < -0.39 is 0 Å². The number of para-hydroxylation sites is 1. The lowest BCUT2D eigenvalue weighted by atomic mass is 10.1. The van der Waals surface area contributed by atoms with Crippen molar-refractivity contribution in [2.75, 3.05) is 12.4 Å². The molecule has 82 valence electrons. The van der Waals surface area contributed by atoms with Gasteiger partial charge in [0.15, 0.2) is 5.13 Å². The highest BCUT2D eigenvalue weighted by Gasteiger charge is 2.15. The standard InChI is InChI=1S/C10H9N3O2S/c1-11-10-12-6-9(16-10)7-4-2-3-5-8(7)13(14)15/h2-6H,1H3,(H,11,12). The van der Waals surface area contributed by atoms with Crippen LogP contribution in [0.4, 0.5) is 10.8 Å².